The number of hydrogen-bond acceptors (Lipinski definition) is 5. The van der Waals surface area contributed by atoms with E-state index < -0.39 is 24.0 Å². The topological polar surface area (TPSA) is 61.8 Å². The van der Waals surface area contributed by atoms with Crippen molar-refractivity contribution in [1.29, 1.82) is 0 Å². The van der Waals surface area contributed by atoms with Gasteiger partial charge in [-0.2, -0.15) is 0 Å². The van der Waals surface area contributed by atoms with E-state index in [1.54, 1.807) is 20.8 Å². The van der Waals surface area contributed by atoms with Crippen molar-refractivity contribution in [3.63, 3.8) is 0 Å². The van der Waals surface area contributed by atoms with Crippen LogP contribution in [0.4, 0.5) is 0 Å². The Morgan fingerprint density at radius 2 is 2.00 bits per heavy atom. The summed E-state index contributed by atoms with van der Waals surface area (Å²) in [5, 5.41) is 0. The zero-order valence-electron chi connectivity index (χ0n) is 8.48. The van der Waals surface area contributed by atoms with Crippen LogP contribution in [-0.2, 0) is 23.8 Å². The van der Waals surface area contributed by atoms with Gasteiger partial charge in [0.05, 0.1) is 12.5 Å². The number of hydrogen-bond donors (Lipinski definition) is 0. The van der Waals surface area contributed by atoms with Gasteiger partial charge in [0.15, 0.2) is 12.6 Å². The van der Waals surface area contributed by atoms with Gasteiger partial charge in [-0.1, -0.05) is 0 Å². The van der Waals surface area contributed by atoms with Crippen molar-refractivity contribution in [3.8, 4) is 0 Å². The van der Waals surface area contributed by atoms with Crippen molar-refractivity contribution < 1.29 is 23.8 Å². The molecule has 1 rings (SSSR count). The van der Waals surface area contributed by atoms with Gasteiger partial charge in [-0.3, -0.25) is 4.79 Å². The summed E-state index contributed by atoms with van der Waals surface area (Å²) in [5.41, 5.74) is 0. The molecule has 0 aromatic heterocycles. The highest BCUT2D eigenvalue weighted by Gasteiger charge is 2.38. The second kappa shape index (κ2) is 4.52. The van der Waals surface area contributed by atoms with Gasteiger partial charge in [0, 0.05) is 0 Å². The van der Waals surface area contributed by atoms with Crippen LogP contribution >= 0.6 is 0 Å². The molecule has 0 spiro atoms. The number of ether oxygens (including phenoxy) is 3. The minimum atomic E-state index is -0.827. The first kappa shape index (κ1) is 11.1. The van der Waals surface area contributed by atoms with Crippen LogP contribution in [0.1, 0.15) is 20.8 Å². The van der Waals surface area contributed by atoms with Crippen molar-refractivity contribution in [2.75, 3.05) is 6.61 Å². The number of carbonyl (C=O) groups is 2. The van der Waals surface area contributed by atoms with E-state index >= 15 is 0 Å². The Balaban J connectivity index is 2.40. The van der Waals surface area contributed by atoms with Gasteiger partial charge < -0.3 is 14.2 Å². The Bertz CT molecular complexity index is 231. The van der Waals surface area contributed by atoms with E-state index in [9.17, 15) is 9.59 Å². The maximum atomic E-state index is 11.3. The molecule has 1 atom stereocenters. The van der Waals surface area contributed by atoms with Crippen LogP contribution in [0.5, 0.6) is 0 Å². The molecule has 5 nitrogen and oxygen atoms in total. The summed E-state index contributed by atoms with van der Waals surface area (Å²) in [5.74, 6) is -2.04. The second-order valence-corrected chi connectivity index (χ2v) is 3.08. The lowest BCUT2D eigenvalue weighted by atomic mass is 10.1. The average molecular weight is 202 g/mol. The molecule has 0 saturated carbocycles. The van der Waals surface area contributed by atoms with Crippen LogP contribution in [0.15, 0.2) is 0 Å². The zero-order chi connectivity index (χ0) is 10.7. The van der Waals surface area contributed by atoms with Gasteiger partial charge >= 0.3 is 5.97 Å². The molecule has 1 saturated heterocycles. The van der Waals surface area contributed by atoms with E-state index in [-0.39, 0.29) is 12.9 Å². The first-order valence-electron chi connectivity index (χ1n) is 4.58. The van der Waals surface area contributed by atoms with E-state index in [4.69, 9.17) is 9.47 Å². The Hall–Kier alpha value is -0.940. The van der Waals surface area contributed by atoms with Crippen LogP contribution in [0.3, 0.4) is 0 Å². The van der Waals surface area contributed by atoms with Crippen LogP contribution in [0, 0.1) is 5.92 Å². The maximum absolute atomic E-state index is 11.3. The Labute approximate surface area is 82.3 Å². The molecule has 0 radical (unpaired) electrons. The fourth-order valence-corrected chi connectivity index (χ4v) is 1.14. The number of rotatable bonds is 4. The highest BCUT2D eigenvalue weighted by atomic mass is 16.9. The third-order valence-electron chi connectivity index (χ3n) is 1.95. The highest BCUT2D eigenvalue weighted by molar-refractivity contribution is 6.34. The van der Waals surface area contributed by atoms with E-state index in [1.807, 2.05) is 0 Å². The lowest BCUT2D eigenvalue weighted by Crippen LogP contribution is -2.47. The van der Waals surface area contributed by atoms with E-state index in [1.165, 1.54) is 0 Å². The molecule has 0 N–H and O–H groups in total. The highest BCUT2D eigenvalue weighted by Crippen LogP contribution is 2.23. The molecule has 80 valence electrons. The quantitative estimate of drug-likeness (QED) is 0.490. The van der Waals surface area contributed by atoms with Crippen LogP contribution in [0.25, 0.3) is 0 Å². The zero-order valence-corrected chi connectivity index (χ0v) is 8.48. The minimum Gasteiger partial charge on any atom is -0.460 e. The number of ketones is 1. The van der Waals surface area contributed by atoms with Gasteiger partial charge in [-0.05, 0) is 20.8 Å². The molecule has 1 aliphatic heterocycles. The van der Waals surface area contributed by atoms with Crippen molar-refractivity contribution in [2.45, 2.75) is 33.4 Å². The normalized spacial score (nSPS) is 27.6. The summed E-state index contributed by atoms with van der Waals surface area (Å²) in [6.07, 6.45) is -0.903. The first-order valence-corrected chi connectivity index (χ1v) is 4.58. The minimum absolute atomic E-state index is 0.195. The summed E-state index contributed by atoms with van der Waals surface area (Å²) in [6.45, 7) is 5.14. The summed E-state index contributed by atoms with van der Waals surface area (Å²) < 4.78 is 14.8. The smallest absolute Gasteiger partial charge is 0.375 e. The number of carbonyl (C=O) groups excluding carboxylic acids is 2. The number of esters is 1. The molecular weight excluding hydrogens is 188 g/mol. The SMILES string of the molecule is CCOC(=O)C(=O)C(C)C1OC(C)O1. The Morgan fingerprint density at radius 1 is 1.43 bits per heavy atom. The Morgan fingerprint density at radius 3 is 2.43 bits per heavy atom. The third kappa shape index (κ3) is 2.30. The molecule has 1 fully saturated rings. The molecule has 0 aromatic rings. The molecule has 1 aliphatic rings. The standard InChI is InChI=1S/C9H14O5/c1-4-12-8(11)7(10)5(2)9-13-6(3)14-9/h5-6,9H,4H2,1-3H3. The fraction of sp³-hybridized carbons (Fsp3) is 0.778. The van der Waals surface area contributed by atoms with E-state index in [0.717, 1.165) is 0 Å². The molecular formula is C9H14O5. The molecule has 14 heavy (non-hydrogen) atoms. The average Bonchev–Trinajstić information content (AvgIpc) is 2.11. The van der Waals surface area contributed by atoms with Crippen LogP contribution in [-0.4, -0.2) is 30.9 Å². The predicted octanol–water partition coefficient (Wildman–Crippen LogP) is 0.474. The van der Waals surface area contributed by atoms with Gasteiger partial charge in [0.25, 0.3) is 0 Å². The summed E-state index contributed by atoms with van der Waals surface area (Å²) in [4.78, 5) is 22.4. The molecule has 5 heteroatoms. The molecule has 1 heterocycles. The fourth-order valence-electron chi connectivity index (χ4n) is 1.14. The molecule has 1 unspecified atom stereocenters. The third-order valence-corrected chi connectivity index (χ3v) is 1.95. The molecule has 0 aliphatic carbocycles. The van der Waals surface area contributed by atoms with E-state index in [2.05, 4.69) is 4.74 Å². The predicted molar refractivity (Wildman–Crippen MR) is 46.2 cm³/mol. The summed E-state index contributed by atoms with van der Waals surface area (Å²) in [7, 11) is 0. The van der Waals surface area contributed by atoms with E-state index in [0.29, 0.717) is 0 Å². The lowest BCUT2D eigenvalue weighted by Gasteiger charge is -2.36. The van der Waals surface area contributed by atoms with Crippen molar-refractivity contribution in [3.05, 3.63) is 0 Å². The van der Waals surface area contributed by atoms with Gasteiger partial charge in [0.1, 0.15) is 0 Å². The van der Waals surface area contributed by atoms with Crippen LogP contribution < -0.4 is 0 Å². The summed E-state index contributed by atoms with van der Waals surface area (Å²) in [6, 6.07) is 0. The molecule has 0 amide bonds. The van der Waals surface area contributed by atoms with Crippen molar-refractivity contribution in [2.24, 2.45) is 5.92 Å². The van der Waals surface area contributed by atoms with Crippen molar-refractivity contribution in [1.82, 2.24) is 0 Å². The first-order chi connectivity index (χ1) is 6.56. The van der Waals surface area contributed by atoms with Crippen LogP contribution in [0.2, 0.25) is 0 Å². The largest absolute Gasteiger partial charge is 0.460 e. The van der Waals surface area contributed by atoms with Gasteiger partial charge in [-0.25, -0.2) is 4.79 Å². The maximum Gasteiger partial charge on any atom is 0.375 e. The Kier molecular flexibility index (Phi) is 3.60. The number of Topliss-reactive ketones (excluding diaryl/α,β-unsaturated/α-hetero) is 1. The lowest BCUT2D eigenvalue weighted by molar-refractivity contribution is -0.385. The summed E-state index contributed by atoms with van der Waals surface area (Å²) >= 11 is 0. The van der Waals surface area contributed by atoms with Gasteiger partial charge in [-0.15, -0.1) is 0 Å². The second-order valence-electron chi connectivity index (χ2n) is 3.08. The molecule has 0 aromatic carbocycles. The molecule has 0 bridgehead atoms. The van der Waals surface area contributed by atoms with Crippen molar-refractivity contribution >= 4 is 11.8 Å². The van der Waals surface area contributed by atoms with Gasteiger partial charge in [0.2, 0.25) is 5.78 Å². The monoisotopic (exact) mass is 202 g/mol.